The Bertz CT molecular complexity index is 1310. The van der Waals surface area contributed by atoms with Crippen molar-refractivity contribution in [1.29, 1.82) is 0 Å². The summed E-state index contributed by atoms with van der Waals surface area (Å²) in [5.74, 6) is 0.505. The van der Waals surface area contributed by atoms with Crippen LogP contribution in [0, 0.1) is 6.92 Å². The van der Waals surface area contributed by atoms with Crippen LogP contribution in [0.4, 0.5) is 5.69 Å². The molecule has 0 aliphatic rings. The van der Waals surface area contributed by atoms with Crippen LogP contribution in [0.1, 0.15) is 29.6 Å². The smallest absolute Gasteiger partial charge is 0.262 e. The second kappa shape index (κ2) is 10.1. The Hall–Kier alpha value is -2.97. The average molecular weight is 465 g/mol. The zero-order valence-corrected chi connectivity index (χ0v) is 19.6. The normalized spacial score (nSPS) is 11.1. The Morgan fingerprint density at radius 3 is 2.72 bits per heavy atom. The number of thiazole rings is 1. The van der Waals surface area contributed by atoms with E-state index in [1.54, 1.807) is 4.57 Å². The molecular weight excluding hydrogens is 440 g/mol. The monoisotopic (exact) mass is 464 g/mol. The number of nitrogens with zero attached hydrogens (tertiary/aromatic N) is 3. The maximum Gasteiger partial charge on any atom is 0.262 e. The molecule has 4 aromatic rings. The first-order valence-electron chi connectivity index (χ1n) is 10.5. The third kappa shape index (κ3) is 5.08. The predicted molar refractivity (Wildman–Crippen MR) is 131 cm³/mol. The van der Waals surface area contributed by atoms with Gasteiger partial charge in [-0.25, -0.2) is 9.97 Å². The van der Waals surface area contributed by atoms with E-state index in [9.17, 15) is 9.59 Å². The van der Waals surface area contributed by atoms with Gasteiger partial charge in [-0.15, -0.1) is 11.3 Å². The van der Waals surface area contributed by atoms with E-state index in [0.29, 0.717) is 28.4 Å². The number of amides is 1. The zero-order valence-electron chi connectivity index (χ0n) is 18.0. The quantitative estimate of drug-likeness (QED) is 0.292. The van der Waals surface area contributed by atoms with E-state index in [1.807, 2.05) is 67.8 Å². The number of benzene rings is 2. The van der Waals surface area contributed by atoms with Crippen molar-refractivity contribution in [3.8, 4) is 0 Å². The second-order valence-corrected chi connectivity index (χ2v) is 9.31. The molecule has 6 nitrogen and oxygen atoms in total. The summed E-state index contributed by atoms with van der Waals surface area (Å²) in [6, 6.07) is 15.1. The molecule has 4 rings (SSSR count). The second-order valence-electron chi connectivity index (χ2n) is 7.43. The number of nitrogens with one attached hydrogen (secondary N) is 1. The highest BCUT2D eigenvalue weighted by molar-refractivity contribution is 7.98. The van der Waals surface area contributed by atoms with Gasteiger partial charge in [0.25, 0.3) is 5.56 Å². The van der Waals surface area contributed by atoms with Gasteiger partial charge in [0.15, 0.2) is 5.16 Å². The number of carbonyl (C=O) groups excluding carboxylic acids is 1. The zero-order chi connectivity index (χ0) is 22.5. The van der Waals surface area contributed by atoms with Crippen LogP contribution >= 0.6 is 23.1 Å². The molecule has 0 fully saturated rings. The number of thioether (sulfide) groups is 1. The molecule has 1 N–H and O–H groups in total. The Morgan fingerprint density at radius 2 is 1.91 bits per heavy atom. The molecule has 0 unspecified atom stereocenters. The molecular formula is C24H24N4O2S2. The molecule has 0 saturated carbocycles. The summed E-state index contributed by atoms with van der Waals surface area (Å²) >= 11 is 2.98. The number of para-hydroxylation sites is 2. The van der Waals surface area contributed by atoms with Crippen LogP contribution in [-0.2, 0) is 23.5 Å². The minimum absolute atomic E-state index is 0.00760. The van der Waals surface area contributed by atoms with Crippen molar-refractivity contribution in [1.82, 2.24) is 14.5 Å². The summed E-state index contributed by atoms with van der Waals surface area (Å²) in [5.41, 5.74) is 3.43. The Kier molecular flexibility index (Phi) is 7.02. The molecule has 0 saturated heterocycles. The van der Waals surface area contributed by atoms with Gasteiger partial charge in [-0.05, 0) is 37.1 Å². The number of rotatable bonds is 8. The third-order valence-corrected chi connectivity index (χ3v) is 6.86. The van der Waals surface area contributed by atoms with E-state index < -0.39 is 0 Å². The van der Waals surface area contributed by atoms with Gasteiger partial charge in [-0.2, -0.15) is 0 Å². The Morgan fingerprint density at radius 1 is 1.12 bits per heavy atom. The van der Waals surface area contributed by atoms with Crippen LogP contribution < -0.4 is 10.9 Å². The molecule has 0 spiro atoms. The fraction of sp³-hybridized carbons (Fsp3) is 0.250. The largest absolute Gasteiger partial charge is 0.325 e. The minimum Gasteiger partial charge on any atom is -0.325 e. The van der Waals surface area contributed by atoms with Crippen LogP contribution in [0.3, 0.4) is 0 Å². The maximum atomic E-state index is 12.9. The van der Waals surface area contributed by atoms with E-state index >= 15 is 0 Å². The van der Waals surface area contributed by atoms with Crippen molar-refractivity contribution in [2.45, 2.75) is 44.1 Å². The number of fused-ring (bicyclic) bond motifs is 1. The fourth-order valence-corrected chi connectivity index (χ4v) is 5.17. The van der Waals surface area contributed by atoms with Gasteiger partial charge in [0.05, 0.1) is 23.0 Å². The highest BCUT2D eigenvalue weighted by Crippen LogP contribution is 2.24. The third-order valence-electron chi connectivity index (χ3n) is 4.95. The van der Waals surface area contributed by atoms with Gasteiger partial charge in [-0.3, -0.25) is 14.2 Å². The highest BCUT2D eigenvalue weighted by atomic mass is 32.2. The lowest BCUT2D eigenvalue weighted by atomic mass is 10.2. The van der Waals surface area contributed by atoms with Crippen LogP contribution in [0.2, 0.25) is 0 Å². The fourth-order valence-electron chi connectivity index (χ4n) is 3.36. The van der Waals surface area contributed by atoms with Gasteiger partial charge < -0.3 is 5.32 Å². The average Bonchev–Trinajstić information content (AvgIpc) is 3.23. The van der Waals surface area contributed by atoms with Crippen LogP contribution in [0.15, 0.2) is 63.9 Å². The first-order chi connectivity index (χ1) is 15.5. The molecule has 32 heavy (non-hydrogen) atoms. The standard InChI is InChI=1S/C24H24N4O2S2/c1-3-12-28-23(30)18-9-5-7-11-20(18)27-24(28)32-15-17-14-31-22(25-17)13-21(29)26-19-10-6-4-8-16(19)2/h4-11,14H,3,12-13,15H2,1-2H3,(H,26,29). The SMILES string of the molecule is CCCn1c(SCc2csc(CC(=O)Nc3ccccc3C)n2)nc2ccccc2c1=O. The summed E-state index contributed by atoms with van der Waals surface area (Å²) in [6.45, 7) is 4.64. The lowest BCUT2D eigenvalue weighted by Crippen LogP contribution is -2.23. The number of anilines is 1. The van der Waals surface area contributed by atoms with E-state index in [2.05, 4.69) is 10.3 Å². The Labute approximate surface area is 194 Å². The number of aryl methyl sites for hydroxylation is 1. The van der Waals surface area contributed by atoms with E-state index in [1.165, 1.54) is 23.1 Å². The van der Waals surface area contributed by atoms with E-state index in [-0.39, 0.29) is 17.9 Å². The maximum absolute atomic E-state index is 12.9. The lowest BCUT2D eigenvalue weighted by molar-refractivity contribution is -0.115. The van der Waals surface area contributed by atoms with Crippen molar-refractivity contribution in [2.75, 3.05) is 5.32 Å². The van der Waals surface area contributed by atoms with Gasteiger partial charge in [0.1, 0.15) is 5.01 Å². The van der Waals surface area contributed by atoms with Crippen molar-refractivity contribution in [2.24, 2.45) is 0 Å². The molecule has 0 radical (unpaired) electrons. The molecule has 8 heteroatoms. The number of hydrogen-bond acceptors (Lipinski definition) is 6. The molecule has 0 aliphatic heterocycles. The predicted octanol–water partition coefficient (Wildman–Crippen LogP) is 5.04. The van der Waals surface area contributed by atoms with Crippen molar-refractivity contribution in [3.05, 3.63) is 80.5 Å². The number of hydrogen-bond donors (Lipinski definition) is 1. The number of carbonyl (C=O) groups is 1. The van der Waals surface area contributed by atoms with Crippen molar-refractivity contribution >= 4 is 45.6 Å². The summed E-state index contributed by atoms with van der Waals surface area (Å²) in [5, 5.41) is 7.01. The Balaban J connectivity index is 1.45. The van der Waals surface area contributed by atoms with Crippen molar-refractivity contribution in [3.63, 3.8) is 0 Å². The van der Waals surface area contributed by atoms with E-state index in [4.69, 9.17) is 4.98 Å². The molecule has 0 atom stereocenters. The first kappa shape index (κ1) is 22.2. The van der Waals surface area contributed by atoms with Gasteiger partial charge in [0.2, 0.25) is 5.91 Å². The van der Waals surface area contributed by atoms with Crippen LogP contribution in [0.25, 0.3) is 10.9 Å². The molecule has 2 aromatic heterocycles. The molecule has 1 amide bonds. The van der Waals surface area contributed by atoms with Crippen molar-refractivity contribution < 1.29 is 4.79 Å². The minimum atomic E-state index is -0.0826. The van der Waals surface area contributed by atoms with E-state index in [0.717, 1.165) is 28.4 Å². The van der Waals surface area contributed by atoms with Gasteiger partial charge in [-0.1, -0.05) is 49.0 Å². The highest BCUT2D eigenvalue weighted by Gasteiger charge is 2.13. The molecule has 0 aliphatic carbocycles. The number of aromatic nitrogens is 3. The summed E-state index contributed by atoms with van der Waals surface area (Å²) in [4.78, 5) is 34.6. The topological polar surface area (TPSA) is 76.9 Å². The molecule has 164 valence electrons. The lowest BCUT2D eigenvalue weighted by Gasteiger charge is -2.11. The molecule has 2 aromatic carbocycles. The van der Waals surface area contributed by atoms with Crippen LogP contribution in [0.5, 0.6) is 0 Å². The van der Waals surface area contributed by atoms with Crippen LogP contribution in [-0.4, -0.2) is 20.4 Å². The summed E-state index contributed by atoms with van der Waals surface area (Å²) in [6.07, 6.45) is 1.09. The van der Waals surface area contributed by atoms with Gasteiger partial charge >= 0.3 is 0 Å². The first-order valence-corrected chi connectivity index (χ1v) is 12.3. The summed E-state index contributed by atoms with van der Waals surface area (Å²) < 4.78 is 1.75. The summed E-state index contributed by atoms with van der Waals surface area (Å²) in [7, 11) is 0. The van der Waals surface area contributed by atoms with Gasteiger partial charge in [0, 0.05) is 23.4 Å². The molecule has 0 bridgehead atoms. The molecule has 2 heterocycles.